The molecule has 0 aromatic heterocycles. The lowest BCUT2D eigenvalue weighted by Crippen LogP contribution is -2.25. The third-order valence-corrected chi connectivity index (χ3v) is 3.91. The molecule has 0 heterocycles. The summed E-state index contributed by atoms with van der Waals surface area (Å²) in [6.07, 6.45) is 0.968. The molecule has 0 aliphatic heterocycles. The van der Waals surface area contributed by atoms with Crippen molar-refractivity contribution in [2.75, 3.05) is 11.9 Å². The predicted molar refractivity (Wildman–Crippen MR) is 102 cm³/mol. The van der Waals surface area contributed by atoms with E-state index in [4.69, 9.17) is 0 Å². The van der Waals surface area contributed by atoms with Crippen molar-refractivity contribution in [2.24, 2.45) is 0 Å². The van der Waals surface area contributed by atoms with E-state index in [1.807, 2.05) is 42.5 Å². The largest absolute Gasteiger partial charge is 0.352 e. The van der Waals surface area contributed by atoms with Crippen LogP contribution in [0.4, 0.5) is 5.69 Å². The van der Waals surface area contributed by atoms with Crippen LogP contribution in [0.25, 0.3) is 0 Å². The monoisotopic (exact) mass is 338 g/mol. The second-order valence-corrected chi connectivity index (χ2v) is 7.07. The summed E-state index contributed by atoms with van der Waals surface area (Å²) in [5, 5.41) is 5.82. The molecule has 0 spiro atoms. The van der Waals surface area contributed by atoms with Crippen molar-refractivity contribution in [3.05, 3.63) is 65.7 Å². The van der Waals surface area contributed by atoms with Crippen LogP contribution in [-0.4, -0.2) is 18.4 Å². The molecule has 0 unspecified atom stereocenters. The number of para-hydroxylation sites is 1. The fourth-order valence-electron chi connectivity index (χ4n) is 2.60. The summed E-state index contributed by atoms with van der Waals surface area (Å²) < 4.78 is 0. The van der Waals surface area contributed by atoms with Crippen molar-refractivity contribution in [2.45, 2.75) is 39.0 Å². The minimum Gasteiger partial charge on any atom is -0.352 e. The van der Waals surface area contributed by atoms with Crippen LogP contribution in [-0.2, 0) is 10.2 Å². The SMILES string of the molecule is CC(C)(C)c1ccccc1NC(=O)CCCNC(=O)c1ccccc1. The summed E-state index contributed by atoms with van der Waals surface area (Å²) in [4.78, 5) is 24.1. The Morgan fingerprint density at radius 3 is 2.24 bits per heavy atom. The topological polar surface area (TPSA) is 58.2 Å². The van der Waals surface area contributed by atoms with Crippen molar-refractivity contribution < 1.29 is 9.59 Å². The number of nitrogens with one attached hydrogen (secondary N) is 2. The Bertz CT molecular complexity index is 718. The van der Waals surface area contributed by atoms with Gasteiger partial charge in [0.2, 0.25) is 5.91 Å². The molecule has 0 aliphatic carbocycles. The second kappa shape index (κ2) is 8.47. The Kier molecular flexibility index (Phi) is 6.34. The van der Waals surface area contributed by atoms with Gasteiger partial charge in [0.15, 0.2) is 0 Å². The number of anilines is 1. The van der Waals surface area contributed by atoms with E-state index in [2.05, 4.69) is 31.4 Å². The first kappa shape index (κ1) is 18.7. The fourth-order valence-corrected chi connectivity index (χ4v) is 2.60. The van der Waals surface area contributed by atoms with Gasteiger partial charge in [-0.3, -0.25) is 9.59 Å². The summed E-state index contributed by atoms with van der Waals surface area (Å²) in [7, 11) is 0. The molecule has 4 nitrogen and oxygen atoms in total. The lowest BCUT2D eigenvalue weighted by molar-refractivity contribution is -0.116. The van der Waals surface area contributed by atoms with Crippen LogP contribution in [0.3, 0.4) is 0 Å². The van der Waals surface area contributed by atoms with Gasteiger partial charge < -0.3 is 10.6 Å². The highest BCUT2D eigenvalue weighted by Crippen LogP contribution is 2.29. The van der Waals surface area contributed by atoms with Crippen LogP contribution in [0, 0.1) is 0 Å². The summed E-state index contributed by atoms with van der Waals surface area (Å²) in [5.41, 5.74) is 2.56. The zero-order chi connectivity index (χ0) is 18.3. The van der Waals surface area contributed by atoms with Gasteiger partial charge in [0.1, 0.15) is 0 Å². The normalized spacial score (nSPS) is 11.0. The maximum Gasteiger partial charge on any atom is 0.251 e. The average Bonchev–Trinajstić information content (AvgIpc) is 2.59. The lowest BCUT2D eigenvalue weighted by atomic mass is 9.86. The van der Waals surface area contributed by atoms with Crippen LogP contribution in [0.15, 0.2) is 54.6 Å². The van der Waals surface area contributed by atoms with Crippen molar-refractivity contribution in [3.63, 3.8) is 0 Å². The van der Waals surface area contributed by atoms with Crippen LogP contribution in [0.2, 0.25) is 0 Å². The molecule has 132 valence electrons. The zero-order valence-corrected chi connectivity index (χ0v) is 15.1. The third-order valence-electron chi connectivity index (χ3n) is 3.91. The van der Waals surface area contributed by atoms with Gasteiger partial charge in [-0.15, -0.1) is 0 Å². The molecule has 0 aliphatic rings. The number of benzene rings is 2. The molecule has 0 bridgehead atoms. The molecule has 25 heavy (non-hydrogen) atoms. The standard InChI is InChI=1S/C21H26N2O2/c1-21(2,3)17-12-7-8-13-18(17)23-19(24)14-9-15-22-20(25)16-10-5-4-6-11-16/h4-8,10-13H,9,14-15H2,1-3H3,(H,22,25)(H,23,24). The zero-order valence-electron chi connectivity index (χ0n) is 15.1. The summed E-state index contributed by atoms with van der Waals surface area (Å²) in [5.74, 6) is -0.148. The molecule has 2 aromatic rings. The van der Waals surface area contributed by atoms with E-state index in [1.54, 1.807) is 12.1 Å². The third kappa shape index (κ3) is 5.75. The Labute approximate surface area is 149 Å². The number of amides is 2. The van der Waals surface area contributed by atoms with Gasteiger partial charge in [-0.2, -0.15) is 0 Å². The first-order valence-electron chi connectivity index (χ1n) is 8.60. The molecule has 0 saturated carbocycles. The maximum absolute atomic E-state index is 12.2. The van der Waals surface area contributed by atoms with Gasteiger partial charge in [0.25, 0.3) is 5.91 Å². The van der Waals surface area contributed by atoms with Crippen molar-refractivity contribution in [3.8, 4) is 0 Å². The molecule has 0 fully saturated rings. The number of rotatable bonds is 6. The second-order valence-electron chi connectivity index (χ2n) is 7.07. The van der Waals surface area contributed by atoms with E-state index in [-0.39, 0.29) is 17.2 Å². The van der Waals surface area contributed by atoms with Crippen LogP contribution >= 0.6 is 0 Å². The average molecular weight is 338 g/mol. The molecule has 0 saturated heterocycles. The quantitative estimate of drug-likeness (QED) is 0.778. The Morgan fingerprint density at radius 2 is 1.56 bits per heavy atom. The first-order chi connectivity index (χ1) is 11.9. The van der Waals surface area contributed by atoms with Crippen LogP contribution in [0.5, 0.6) is 0 Å². The highest BCUT2D eigenvalue weighted by atomic mass is 16.2. The number of carbonyl (C=O) groups is 2. The number of hydrogen-bond acceptors (Lipinski definition) is 2. The summed E-state index contributed by atoms with van der Waals surface area (Å²) >= 11 is 0. The summed E-state index contributed by atoms with van der Waals surface area (Å²) in [6.45, 7) is 6.84. The Morgan fingerprint density at radius 1 is 0.920 bits per heavy atom. The minimum atomic E-state index is -0.112. The van der Waals surface area contributed by atoms with Crippen molar-refractivity contribution in [1.82, 2.24) is 5.32 Å². The Balaban J connectivity index is 1.79. The van der Waals surface area contributed by atoms with E-state index < -0.39 is 0 Å². The lowest BCUT2D eigenvalue weighted by Gasteiger charge is -2.23. The summed E-state index contributed by atoms with van der Waals surface area (Å²) in [6, 6.07) is 16.9. The van der Waals surface area contributed by atoms with Gasteiger partial charge in [0.05, 0.1) is 0 Å². The molecule has 4 heteroatoms. The van der Waals surface area contributed by atoms with Crippen molar-refractivity contribution >= 4 is 17.5 Å². The fraction of sp³-hybridized carbons (Fsp3) is 0.333. The van der Waals surface area contributed by atoms with Crippen molar-refractivity contribution in [1.29, 1.82) is 0 Å². The smallest absolute Gasteiger partial charge is 0.251 e. The molecular formula is C21H26N2O2. The predicted octanol–water partition coefficient (Wildman–Crippen LogP) is 4.13. The number of carbonyl (C=O) groups excluding carboxylic acids is 2. The highest BCUT2D eigenvalue weighted by Gasteiger charge is 2.18. The highest BCUT2D eigenvalue weighted by molar-refractivity contribution is 5.94. The Hall–Kier alpha value is -2.62. The molecular weight excluding hydrogens is 312 g/mol. The van der Waals surface area contributed by atoms with Gasteiger partial charge in [-0.1, -0.05) is 57.2 Å². The number of hydrogen-bond donors (Lipinski definition) is 2. The van der Waals surface area contributed by atoms with E-state index in [0.717, 1.165) is 11.3 Å². The van der Waals surface area contributed by atoms with E-state index in [9.17, 15) is 9.59 Å². The molecule has 2 N–H and O–H groups in total. The first-order valence-corrected chi connectivity index (χ1v) is 8.60. The van der Waals surface area contributed by atoms with E-state index in [0.29, 0.717) is 24.9 Å². The maximum atomic E-state index is 12.2. The minimum absolute atomic E-state index is 0.0342. The van der Waals surface area contributed by atoms with Crippen LogP contribution < -0.4 is 10.6 Å². The van der Waals surface area contributed by atoms with Crippen LogP contribution in [0.1, 0.15) is 49.5 Å². The van der Waals surface area contributed by atoms with E-state index in [1.165, 1.54) is 0 Å². The van der Waals surface area contributed by atoms with Gasteiger partial charge in [0, 0.05) is 24.2 Å². The molecule has 2 rings (SSSR count). The molecule has 0 radical (unpaired) electrons. The van der Waals surface area contributed by atoms with Gasteiger partial charge in [-0.05, 0) is 35.6 Å². The van der Waals surface area contributed by atoms with Gasteiger partial charge >= 0.3 is 0 Å². The molecule has 2 aromatic carbocycles. The van der Waals surface area contributed by atoms with Gasteiger partial charge in [-0.25, -0.2) is 0 Å². The van der Waals surface area contributed by atoms with E-state index >= 15 is 0 Å². The molecule has 2 amide bonds. The molecule has 0 atom stereocenters.